The minimum absolute atomic E-state index is 1.24. The van der Waals surface area contributed by atoms with E-state index >= 15 is 0 Å². The lowest BCUT2D eigenvalue weighted by molar-refractivity contribution is 0.702. The van der Waals surface area contributed by atoms with E-state index in [1.54, 1.807) is 0 Å². The first-order chi connectivity index (χ1) is 4.83. The monoisotopic (exact) mass is 182 g/mol. The van der Waals surface area contributed by atoms with Crippen LogP contribution in [0.15, 0.2) is 11.1 Å². The molecule has 0 aliphatic carbocycles. The highest BCUT2D eigenvalue weighted by Gasteiger charge is 1.75. The van der Waals surface area contributed by atoms with Crippen molar-refractivity contribution in [3.8, 4) is 0 Å². The van der Waals surface area contributed by atoms with Gasteiger partial charge in [-0.25, -0.2) is 0 Å². The Morgan fingerprint density at radius 1 is 0.900 bits per heavy atom. The Bertz CT molecular complexity index is 52.3. The average Bonchev–Trinajstić information content (AvgIpc) is 2.01. The van der Waals surface area contributed by atoms with Gasteiger partial charge in [-0.15, -0.1) is 0 Å². The van der Waals surface area contributed by atoms with E-state index in [0.717, 1.165) is 0 Å². The van der Waals surface area contributed by atoms with Gasteiger partial charge in [-0.2, -0.15) is 0 Å². The SMILES string of the molecule is CCCCCC.ClC=CCl. The average molecular weight is 183 g/mol. The van der Waals surface area contributed by atoms with Crippen molar-refractivity contribution in [3.05, 3.63) is 11.1 Å². The molecule has 0 radical (unpaired) electrons. The summed E-state index contributed by atoms with van der Waals surface area (Å²) < 4.78 is 0. The molecule has 0 rings (SSSR count). The van der Waals surface area contributed by atoms with Gasteiger partial charge in [0.25, 0.3) is 0 Å². The molecule has 62 valence electrons. The predicted octanol–water partition coefficient (Wildman–Crippen LogP) is 4.52. The largest absolute Gasteiger partial charge is 0.0920 e. The van der Waals surface area contributed by atoms with E-state index in [0.29, 0.717) is 0 Å². The van der Waals surface area contributed by atoms with Crippen LogP contribution in [0.2, 0.25) is 0 Å². The molecule has 0 aromatic rings. The molecule has 0 aliphatic rings. The van der Waals surface area contributed by atoms with Gasteiger partial charge >= 0.3 is 0 Å². The first-order valence-corrected chi connectivity index (χ1v) is 4.56. The molecular formula is C8H16Cl2. The molecule has 0 atom stereocenters. The van der Waals surface area contributed by atoms with Gasteiger partial charge in [0.1, 0.15) is 0 Å². The van der Waals surface area contributed by atoms with Crippen molar-refractivity contribution in [2.45, 2.75) is 39.5 Å². The molecule has 0 unspecified atom stereocenters. The summed E-state index contributed by atoms with van der Waals surface area (Å²) in [5.74, 6) is 0. The molecular weight excluding hydrogens is 167 g/mol. The normalized spacial score (nSPS) is 9.20. The summed E-state index contributed by atoms with van der Waals surface area (Å²) in [4.78, 5) is 0. The maximum atomic E-state index is 4.87. The van der Waals surface area contributed by atoms with E-state index in [9.17, 15) is 0 Å². The molecule has 0 amide bonds. The lowest BCUT2D eigenvalue weighted by atomic mass is 10.2. The van der Waals surface area contributed by atoms with Crippen molar-refractivity contribution < 1.29 is 0 Å². The molecule has 10 heavy (non-hydrogen) atoms. The first-order valence-electron chi connectivity index (χ1n) is 3.68. The Balaban J connectivity index is 0. The van der Waals surface area contributed by atoms with Gasteiger partial charge in [0, 0.05) is 11.1 Å². The summed E-state index contributed by atoms with van der Waals surface area (Å²) in [7, 11) is 0. The molecule has 0 saturated carbocycles. The molecule has 0 aromatic carbocycles. The van der Waals surface area contributed by atoms with Crippen LogP contribution in [0.5, 0.6) is 0 Å². The second-order valence-corrected chi connectivity index (χ2v) is 2.46. The van der Waals surface area contributed by atoms with Crippen LogP contribution < -0.4 is 0 Å². The molecule has 0 saturated heterocycles. The zero-order valence-electron chi connectivity index (χ0n) is 6.74. The lowest BCUT2D eigenvalue weighted by Crippen LogP contribution is -1.66. The van der Waals surface area contributed by atoms with E-state index in [1.807, 2.05) is 0 Å². The number of unbranched alkanes of at least 4 members (excludes halogenated alkanes) is 3. The highest BCUT2D eigenvalue weighted by atomic mass is 35.5. The van der Waals surface area contributed by atoms with Crippen molar-refractivity contribution in [1.29, 1.82) is 0 Å². The molecule has 0 aromatic heterocycles. The molecule has 0 aliphatic heterocycles. The fourth-order valence-corrected chi connectivity index (χ4v) is 0.500. The molecule has 0 heterocycles. The Hall–Kier alpha value is 0.320. The van der Waals surface area contributed by atoms with Gasteiger partial charge in [0.2, 0.25) is 0 Å². The quantitative estimate of drug-likeness (QED) is 0.564. The first kappa shape index (κ1) is 12.9. The fourth-order valence-electron chi connectivity index (χ4n) is 0.500. The zero-order chi connectivity index (χ0) is 8.24. The van der Waals surface area contributed by atoms with Gasteiger partial charge in [0.15, 0.2) is 0 Å². The summed E-state index contributed by atoms with van der Waals surface area (Å²) >= 11 is 9.75. The summed E-state index contributed by atoms with van der Waals surface area (Å²) in [6.45, 7) is 4.46. The van der Waals surface area contributed by atoms with E-state index in [1.165, 1.54) is 36.8 Å². The van der Waals surface area contributed by atoms with Crippen LogP contribution in [0.25, 0.3) is 0 Å². The molecule has 0 fully saturated rings. The van der Waals surface area contributed by atoms with Crippen LogP contribution in [0.1, 0.15) is 39.5 Å². The fraction of sp³-hybridized carbons (Fsp3) is 0.750. The number of halogens is 2. The molecule has 0 N–H and O–H groups in total. The van der Waals surface area contributed by atoms with Crippen LogP contribution in [-0.4, -0.2) is 0 Å². The second-order valence-electron chi connectivity index (χ2n) is 1.96. The van der Waals surface area contributed by atoms with E-state index in [4.69, 9.17) is 23.2 Å². The van der Waals surface area contributed by atoms with Crippen LogP contribution in [0.3, 0.4) is 0 Å². The van der Waals surface area contributed by atoms with Crippen LogP contribution in [-0.2, 0) is 0 Å². The maximum Gasteiger partial charge on any atom is 0.0156 e. The van der Waals surface area contributed by atoms with Crippen LogP contribution in [0, 0.1) is 0 Å². The van der Waals surface area contributed by atoms with E-state index < -0.39 is 0 Å². The molecule has 0 nitrogen and oxygen atoms in total. The molecule has 0 spiro atoms. The number of hydrogen-bond donors (Lipinski definition) is 0. The molecule has 0 bridgehead atoms. The second kappa shape index (κ2) is 16.2. The molecule has 2 heteroatoms. The standard InChI is InChI=1S/C6H14.C2H2Cl2/c1-3-5-6-4-2;3-1-2-4/h3-6H2,1-2H3;1-2H. The van der Waals surface area contributed by atoms with Crippen molar-refractivity contribution >= 4 is 23.2 Å². The predicted molar refractivity (Wildman–Crippen MR) is 50.7 cm³/mol. The Kier molecular flexibility index (Phi) is 20.9. The summed E-state index contributed by atoms with van der Waals surface area (Å²) in [5, 5.41) is 0. The number of rotatable bonds is 3. The van der Waals surface area contributed by atoms with Gasteiger partial charge in [-0.1, -0.05) is 62.7 Å². The van der Waals surface area contributed by atoms with Gasteiger partial charge in [-0.05, 0) is 0 Å². The summed E-state index contributed by atoms with van der Waals surface area (Å²) in [6.07, 6.45) is 5.54. The highest BCUT2D eigenvalue weighted by Crippen LogP contribution is 1.95. The van der Waals surface area contributed by atoms with Gasteiger partial charge in [0.05, 0.1) is 0 Å². The smallest absolute Gasteiger partial charge is 0.0156 e. The van der Waals surface area contributed by atoms with Crippen molar-refractivity contribution in [2.24, 2.45) is 0 Å². The van der Waals surface area contributed by atoms with Crippen molar-refractivity contribution in [1.82, 2.24) is 0 Å². The minimum Gasteiger partial charge on any atom is -0.0920 e. The summed E-state index contributed by atoms with van der Waals surface area (Å²) in [6, 6.07) is 0. The highest BCUT2D eigenvalue weighted by molar-refractivity contribution is 6.33. The lowest BCUT2D eigenvalue weighted by Gasteiger charge is -1.86. The summed E-state index contributed by atoms with van der Waals surface area (Å²) in [5.41, 5.74) is 2.48. The third-order valence-corrected chi connectivity index (χ3v) is 1.39. The van der Waals surface area contributed by atoms with Gasteiger partial charge < -0.3 is 0 Å². The topological polar surface area (TPSA) is 0 Å². The van der Waals surface area contributed by atoms with Crippen molar-refractivity contribution in [2.75, 3.05) is 0 Å². The Morgan fingerprint density at radius 2 is 1.20 bits per heavy atom. The van der Waals surface area contributed by atoms with Crippen LogP contribution >= 0.6 is 23.2 Å². The third-order valence-electron chi connectivity index (χ3n) is 1.00. The zero-order valence-corrected chi connectivity index (χ0v) is 8.25. The Morgan fingerprint density at radius 3 is 1.30 bits per heavy atom. The van der Waals surface area contributed by atoms with Crippen molar-refractivity contribution in [3.63, 3.8) is 0 Å². The minimum atomic E-state index is 1.24. The van der Waals surface area contributed by atoms with Crippen LogP contribution in [0.4, 0.5) is 0 Å². The maximum absolute atomic E-state index is 4.87. The van der Waals surface area contributed by atoms with E-state index in [2.05, 4.69) is 13.8 Å². The van der Waals surface area contributed by atoms with Gasteiger partial charge in [-0.3, -0.25) is 0 Å². The Labute approximate surface area is 74.2 Å². The van der Waals surface area contributed by atoms with E-state index in [-0.39, 0.29) is 0 Å². The third kappa shape index (κ3) is 23.9. The number of hydrogen-bond acceptors (Lipinski definition) is 0.